The number of fused-ring (bicyclic) bond motifs is 3. The van der Waals surface area contributed by atoms with E-state index < -0.39 is 29.2 Å². The van der Waals surface area contributed by atoms with Gasteiger partial charge in [-0.3, -0.25) is 14.9 Å². The van der Waals surface area contributed by atoms with Gasteiger partial charge in [0.25, 0.3) is 0 Å². The van der Waals surface area contributed by atoms with Gasteiger partial charge in [0, 0.05) is 16.3 Å². The fourth-order valence-corrected chi connectivity index (χ4v) is 5.01. The molecule has 1 heterocycles. The van der Waals surface area contributed by atoms with Crippen LogP contribution in [0.1, 0.15) is 66.9 Å². The Balaban J connectivity index is 1.53. The molecule has 2 aliphatic rings. The summed E-state index contributed by atoms with van der Waals surface area (Å²) >= 11 is 0. The molecule has 2 fully saturated rings. The van der Waals surface area contributed by atoms with Crippen molar-refractivity contribution in [3.05, 3.63) is 47.5 Å². The van der Waals surface area contributed by atoms with Gasteiger partial charge in [-0.15, -0.1) is 0 Å². The largest absolute Gasteiger partial charge is 0.456 e. The van der Waals surface area contributed by atoms with Crippen LogP contribution in [0.5, 0.6) is 0 Å². The van der Waals surface area contributed by atoms with Crippen LogP contribution in [0.25, 0.3) is 21.9 Å². The number of hydrogen-bond donors (Lipinski definition) is 2. The van der Waals surface area contributed by atoms with E-state index in [9.17, 15) is 28.0 Å². The molecule has 1 atom stereocenters. The molecule has 35 heavy (non-hydrogen) atoms. The molecule has 182 valence electrons. The highest BCUT2D eigenvalue weighted by Crippen LogP contribution is 2.41. The Kier molecular flexibility index (Phi) is 5.59. The summed E-state index contributed by atoms with van der Waals surface area (Å²) in [4.78, 5) is 24.4. The van der Waals surface area contributed by atoms with Gasteiger partial charge in [-0.1, -0.05) is 31.4 Å². The predicted octanol–water partition coefficient (Wildman–Crippen LogP) is 5.47. The van der Waals surface area contributed by atoms with Crippen LogP contribution in [0.4, 0.5) is 13.2 Å². The van der Waals surface area contributed by atoms with E-state index in [2.05, 4.69) is 16.7 Å². The van der Waals surface area contributed by atoms with Crippen LogP contribution in [0.3, 0.4) is 0 Å². The van der Waals surface area contributed by atoms with Crippen LogP contribution in [-0.2, 0) is 4.79 Å². The van der Waals surface area contributed by atoms with E-state index in [1.165, 1.54) is 12.1 Å². The fourth-order valence-electron chi connectivity index (χ4n) is 5.01. The molecule has 2 saturated carbocycles. The first-order valence-corrected chi connectivity index (χ1v) is 11.7. The maximum atomic E-state index is 14.4. The van der Waals surface area contributed by atoms with Gasteiger partial charge in [0.05, 0.1) is 11.6 Å². The quantitative estimate of drug-likeness (QED) is 0.454. The number of amides is 1. The summed E-state index contributed by atoms with van der Waals surface area (Å²) in [5.41, 5.74) is -1.29. The van der Waals surface area contributed by atoms with Crippen LogP contribution >= 0.6 is 0 Å². The number of hydrogen-bond acceptors (Lipinski definition) is 5. The Bertz CT molecular complexity index is 1340. The average molecular weight is 483 g/mol. The van der Waals surface area contributed by atoms with E-state index >= 15 is 0 Å². The zero-order valence-corrected chi connectivity index (χ0v) is 18.9. The minimum Gasteiger partial charge on any atom is -0.456 e. The number of carbonyl (C=O) groups excluding carboxylic acids is 2. The molecule has 2 N–H and O–H groups in total. The van der Waals surface area contributed by atoms with Crippen LogP contribution in [0, 0.1) is 11.3 Å². The van der Waals surface area contributed by atoms with E-state index in [1.807, 2.05) is 0 Å². The topological polar surface area (TPSA) is 95.1 Å². The van der Waals surface area contributed by atoms with E-state index in [-0.39, 0.29) is 24.0 Å². The lowest BCUT2D eigenvalue weighted by Gasteiger charge is -2.40. The van der Waals surface area contributed by atoms with Crippen molar-refractivity contribution < 1.29 is 27.2 Å². The molecule has 0 saturated heterocycles. The molecule has 1 unspecified atom stereocenters. The fraction of sp³-hybridized carbons (Fsp3) is 0.423. The van der Waals surface area contributed by atoms with Gasteiger partial charge < -0.3 is 9.73 Å². The van der Waals surface area contributed by atoms with Gasteiger partial charge >= 0.3 is 6.18 Å². The molecule has 0 radical (unpaired) electrons. The maximum absolute atomic E-state index is 14.4. The number of nitrogens with zero attached hydrogens (tertiary/aromatic N) is 1. The van der Waals surface area contributed by atoms with Crippen molar-refractivity contribution in [1.82, 2.24) is 10.6 Å². The monoisotopic (exact) mass is 483 g/mol. The van der Waals surface area contributed by atoms with Crippen molar-refractivity contribution in [2.75, 3.05) is 0 Å². The molecule has 9 heteroatoms. The Morgan fingerprint density at radius 2 is 1.77 bits per heavy atom. The highest BCUT2D eigenvalue weighted by molar-refractivity contribution is 6.06. The second-order valence-electron chi connectivity index (χ2n) is 9.64. The molecular weight excluding hydrogens is 459 g/mol. The Labute approximate surface area is 199 Å². The molecule has 0 spiro atoms. The number of carbonyl (C=O) groups is 2. The number of nitriles is 1. The third-order valence-corrected chi connectivity index (χ3v) is 7.20. The Hall–Kier alpha value is -3.38. The lowest BCUT2D eigenvalue weighted by atomic mass is 9.79. The van der Waals surface area contributed by atoms with Gasteiger partial charge in [-0.25, -0.2) is 0 Å². The lowest BCUT2D eigenvalue weighted by molar-refractivity contribution is -0.166. The zero-order chi connectivity index (χ0) is 24.8. The second-order valence-corrected chi connectivity index (χ2v) is 9.64. The molecule has 2 aromatic carbocycles. The minimum absolute atomic E-state index is 0.0705. The smallest absolute Gasteiger partial charge is 0.407 e. The third kappa shape index (κ3) is 4.27. The normalized spacial score (nSPS) is 19.7. The van der Waals surface area contributed by atoms with Crippen LogP contribution < -0.4 is 10.6 Å². The molecule has 6 nitrogen and oxygen atoms in total. The summed E-state index contributed by atoms with van der Waals surface area (Å²) in [6.45, 7) is 0. The summed E-state index contributed by atoms with van der Waals surface area (Å²) in [5, 5.41) is 16.0. The molecule has 1 amide bonds. The number of nitrogens with one attached hydrogen (secondary N) is 2. The van der Waals surface area contributed by atoms with Crippen molar-refractivity contribution in [2.45, 2.75) is 68.2 Å². The molecule has 2 aliphatic carbocycles. The molecule has 1 aromatic heterocycles. The molecule has 5 rings (SSSR count). The highest BCUT2D eigenvalue weighted by Gasteiger charge is 2.52. The summed E-state index contributed by atoms with van der Waals surface area (Å²) in [7, 11) is 0. The number of halogens is 3. The highest BCUT2D eigenvalue weighted by atomic mass is 19.4. The average Bonchev–Trinajstić information content (AvgIpc) is 3.53. The number of rotatable bonds is 6. The van der Waals surface area contributed by atoms with Gasteiger partial charge in [-0.05, 0) is 55.5 Å². The third-order valence-electron chi connectivity index (χ3n) is 7.20. The summed E-state index contributed by atoms with van der Waals surface area (Å²) in [6, 6.07) is 9.07. The van der Waals surface area contributed by atoms with Crippen molar-refractivity contribution in [1.29, 1.82) is 5.26 Å². The standard InChI is InChI=1S/C26H24F3N3O3/c27-26(28,29)22(31-25(8-2-1-3-9-25)23(34)32-24(15-30)10-11-24)17-5-6-18-19-12-16(14-33)4-7-20(19)35-21(18)13-17/h4-7,12-14,22,31H,1-3,8-11H2,(H,32,34). The molecular formula is C26H24F3N3O3. The van der Waals surface area contributed by atoms with Crippen molar-refractivity contribution in [2.24, 2.45) is 0 Å². The first-order chi connectivity index (χ1) is 16.7. The van der Waals surface area contributed by atoms with Crippen LogP contribution in [0.15, 0.2) is 40.8 Å². The van der Waals surface area contributed by atoms with Gasteiger partial charge in [0.2, 0.25) is 5.91 Å². The zero-order valence-electron chi connectivity index (χ0n) is 18.9. The minimum atomic E-state index is -4.68. The Morgan fingerprint density at radius 3 is 2.40 bits per heavy atom. The van der Waals surface area contributed by atoms with E-state index in [0.717, 1.165) is 6.42 Å². The van der Waals surface area contributed by atoms with Crippen LogP contribution in [-0.4, -0.2) is 29.4 Å². The lowest BCUT2D eigenvalue weighted by Crippen LogP contribution is -2.62. The predicted molar refractivity (Wildman–Crippen MR) is 123 cm³/mol. The van der Waals surface area contributed by atoms with Gasteiger partial charge in [-0.2, -0.15) is 18.4 Å². The van der Waals surface area contributed by atoms with Crippen molar-refractivity contribution >= 4 is 34.1 Å². The number of alkyl halides is 3. The van der Waals surface area contributed by atoms with E-state index in [4.69, 9.17) is 4.42 Å². The Morgan fingerprint density at radius 1 is 1.03 bits per heavy atom. The first-order valence-electron chi connectivity index (χ1n) is 11.7. The van der Waals surface area contributed by atoms with Crippen molar-refractivity contribution in [3.63, 3.8) is 0 Å². The van der Waals surface area contributed by atoms with E-state index in [0.29, 0.717) is 53.9 Å². The summed E-state index contributed by atoms with van der Waals surface area (Å²) in [6.07, 6.45) is -0.388. The number of furan rings is 1. The molecule has 0 aliphatic heterocycles. The second kappa shape index (κ2) is 8.38. The number of benzene rings is 2. The van der Waals surface area contributed by atoms with Gasteiger partial charge in [0.1, 0.15) is 29.0 Å². The molecule has 3 aromatic rings. The van der Waals surface area contributed by atoms with Gasteiger partial charge in [0.15, 0.2) is 0 Å². The molecule has 0 bridgehead atoms. The SMILES string of the molecule is N#CC1(NC(=O)C2(NC(c3ccc4c(c3)oc3ccc(C=O)cc34)C(F)(F)F)CCCCC2)CC1. The van der Waals surface area contributed by atoms with Crippen LogP contribution in [0.2, 0.25) is 0 Å². The van der Waals surface area contributed by atoms with Crippen molar-refractivity contribution in [3.8, 4) is 6.07 Å². The number of aldehydes is 1. The summed E-state index contributed by atoms with van der Waals surface area (Å²) < 4.78 is 49.0. The summed E-state index contributed by atoms with van der Waals surface area (Å²) in [5.74, 6) is -0.545. The maximum Gasteiger partial charge on any atom is 0.407 e. The first kappa shape index (κ1) is 23.4. The van der Waals surface area contributed by atoms with E-state index in [1.54, 1.807) is 24.3 Å².